The Morgan fingerprint density at radius 1 is 1.29 bits per heavy atom. The molecule has 9 heteroatoms. The van der Waals surface area contributed by atoms with E-state index in [4.69, 9.17) is 18.9 Å². The Kier molecular flexibility index (Phi) is 5.88. The van der Waals surface area contributed by atoms with Gasteiger partial charge in [0.2, 0.25) is 5.88 Å². The van der Waals surface area contributed by atoms with Crippen molar-refractivity contribution < 1.29 is 23.7 Å². The number of hydrogen-bond acceptors (Lipinski definition) is 8. The Bertz CT molecular complexity index is 1000. The summed E-state index contributed by atoms with van der Waals surface area (Å²) in [6, 6.07) is 3.88. The van der Waals surface area contributed by atoms with Gasteiger partial charge in [0.05, 0.1) is 26.4 Å². The maximum Gasteiger partial charge on any atom is 0.341 e. The van der Waals surface area contributed by atoms with Crippen molar-refractivity contribution in [3.05, 3.63) is 47.3 Å². The Hall–Kier alpha value is -2.88. The topological polar surface area (TPSA) is 97.9 Å². The third-order valence-corrected chi connectivity index (χ3v) is 5.46. The van der Waals surface area contributed by atoms with Crippen molar-refractivity contribution in [3.8, 4) is 0 Å². The Balaban J connectivity index is 1.40. The molecule has 2 aliphatic heterocycles. The van der Waals surface area contributed by atoms with Gasteiger partial charge in [0, 0.05) is 36.4 Å². The van der Waals surface area contributed by atoms with E-state index in [2.05, 4.69) is 15.4 Å². The predicted octanol–water partition coefficient (Wildman–Crippen LogP) is 1.95. The molecule has 0 atom stereocenters. The van der Waals surface area contributed by atoms with Crippen LogP contribution < -0.4 is 5.43 Å². The first-order chi connectivity index (χ1) is 15.3. The molecule has 2 aromatic heterocycles. The summed E-state index contributed by atoms with van der Waals surface area (Å²) < 4.78 is 22.9. The molecule has 2 aromatic rings. The molecule has 1 saturated carbocycles. The molecule has 31 heavy (non-hydrogen) atoms. The van der Waals surface area contributed by atoms with Gasteiger partial charge < -0.3 is 23.9 Å². The molecule has 5 rings (SSSR count). The third kappa shape index (κ3) is 4.90. The van der Waals surface area contributed by atoms with Crippen molar-refractivity contribution in [3.63, 3.8) is 0 Å². The number of morpholine rings is 1. The van der Waals surface area contributed by atoms with Crippen LogP contribution in [0.2, 0.25) is 0 Å². The summed E-state index contributed by atoms with van der Waals surface area (Å²) in [4.78, 5) is 20.3. The highest BCUT2D eigenvalue weighted by atomic mass is 16.6. The lowest BCUT2D eigenvalue weighted by Crippen LogP contribution is -2.46. The van der Waals surface area contributed by atoms with Crippen LogP contribution in [-0.2, 0) is 23.7 Å². The molecule has 0 spiro atoms. The molecule has 4 heterocycles. The Labute approximate surface area is 180 Å². The number of hydrogen-bond donors (Lipinski definition) is 2. The quantitative estimate of drug-likeness (QED) is 0.677. The van der Waals surface area contributed by atoms with E-state index in [0.717, 1.165) is 29.4 Å². The van der Waals surface area contributed by atoms with Gasteiger partial charge in [0.1, 0.15) is 23.6 Å². The van der Waals surface area contributed by atoms with E-state index in [-0.39, 0.29) is 13.2 Å². The van der Waals surface area contributed by atoms with Crippen molar-refractivity contribution in [1.82, 2.24) is 20.4 Å². The molecule has 0 bridgehead atoms. The van der Waals surface area contributed by atoms with Crippen LogP contribution in [0.4, 0.5) is 0 Å². The molecule has 9 nitrogen and oxygen atoms in total. The highest BCUT2D eigenvalue weighted by Crippen LogP contribution is 2.29. The maximum atomic E-state index is 12.8. The van der Waals surface area contributed by atoms with Crippen molar-refractivity contribution >= 4 is 23.1 Å². The SMILES string of the molecule is O=C(OCC1CC1)C1=C(NN2CCOCC2)O/C(=C\c2c[nH]c3ncccc23)COC1. The molecule has 1 saturated heterocycles. The van der Waals surface area contributed by atoms with Gasteiger partial charge >= 0.3 is 5.97 Å². The normalized spacial score (nSPS) is 21.7. The molecule has 3 aliphatic rings. The van der Waals surface area contributed by atoms with E-state index >= 15 is 0 Å². The fourth-order valence-electron chi connectivity index (χ4n) is 3.51. The molecule has 1 aliphatic carbocycles. The van der Waals surface area contributed by atoms with Crippen LogP contribution in [0.1, 0.15) is 18.4 Å². The second-order valence-corrected chi connectivity index (χ2v) is 7.91. The standard InChI is InChI=1S/C22H26N4O5/c27-22(30-12-15-3-4-15)19-14-29-13-17(31-21(19)25-26-6-8-28-9-7-26)10-16-11-24-20-18(16)2-1-5-23-20/h1-2,5,10-11,15,25H,3-4,6-9,12-14H2,(H,23,24)/b17-10-. The zero-order chi connectivity index (χ0) is 21.0. The lowest BCUT2D eigenvalue weighted by molar-refractivity contribution is -0.140. The lowest BCUT2D eigenvalue weighted by Gasteiger charge is -2.29. The van der Waals surface area contributed by atoms with Crippen LogP contribution in [0.25, 0.3) is 17.1 Å². The number of esters is 1. The largest absolute Gasteiger partial charge is 0.462 e. The van der Waals surface area contributed by atoms with E-state index in [1.54, 1.807) is 6.20 Å². The average Bonchev–Trinajstić information content (AvgIpc) is 3.57. The minimum atomic E-state index is -0.403. The summed E-state index contributed by atoms with van der Waals surface area (Å²) >= 11 is 0. The number of carbonyl (C=O) groups is 1. The van der Waals surface area contributed by atoms with Gasteiger partial charge in [0.15, 0.2) is 0 Å². The van der Waals surface area contributed by atoms with Crippen molar-refractivity contribution in [1.29, 1.82) is 0 Å². The second-order valence-electron chi connectivity index (χ2n) is 7.91. The van der Waals surface area contributed by atoms with Crippen molar-refractivity contribution in [2.75, 3.05) is 46.1 Å². The number of fused-ring (bicyclic) bond motifs is 1. The molecule has 0 aromatic carbocycles. The number of rotatable bonds is 6. The average molecular weight is 426 g/mol. The number of carbonyl (C=O) groups excluding carboxylic acids is 1. The summed E-state index contributed by atoms with van der Waals surface area (Å²) in [7, 11) is 0. The summed E-state index contributed by atoms with van der Waals surface area (Å²) in [5.41, 5.74) is 5.34. The first-order valence-corrected chi connectivity index (χ1v) is 10.6. The van der Waals surface area contributed by atoms with E-state index in [0.29, 0.717) is 56.0 Å². The number of nitrogens with zero attached hydrogens (tertiary/aromatic N) is 2. The van der Waals surface area contributed by atoms with Crippen LogP contribution >= 0.6 is 0 Å². The van der Waals surface area contributed by atoms with Crippen molar-refractivity contribution in [2.24, 2.45) is 5.92 Å². The fourth-order valence-corrected chi connectivity index (χ4v) is 3.51. The summed E-state index contributed by atoms with van der Waals surface area (Å²) in [6.45, 7) is 3.39. The second kappa shape index (κ2) is 9.09. The minimum Gasteiger partial charge on any atom is -0.462 e. The maximum absolute atomic E-state index is 12.8. The van der Waals surface area contributed by atoms with Gasteiger partial charge in [-0.15, -0.1) is 0 Å². The van der Waals surface area contributed by atoms with Crippen LogP contribution in [0.5, 0.6) is 0 Å². The van der Waals surface area contributed by atoms with Crippen molar-refractivity contribution in [2.45, 2.75) is 12.8 Å². The molecule has 2 N–H and O–H groups in total. The molecule has 2 fully saturated rings. The first-order valence-electron chi connectivity index (χ1n) is 10.6. The highest BCUT2D eigenvalue weighted by molar-refractivity contribution is 5.89. The summed E-state index contributed by atoms with van der Waals surface area (Å²) in [6.07, 6.45) is 7.76. The lowest BCUT2D eigenvalue weighted by atomic mass is 10.2. The van der Waals surface area contributed by atoms with Crippen LogP contribution in [0.3, 0.4) is 0 Å². The minimum absolute atomic E-state index is 0.114. The first kappa shape index (κ1) is 20.0. The monoisotopic (exact) mass is 426 g/mol. The molecule has 0 unspecified atom stereocenters. The number of pyridine rings is 1. The van der Waals surface area contributed by atoms with Crippen LogP contribution in [0, 0.1) is 5.92 Å². The van der Waals surface area contributed by atoms with Gasteiger partial charge in [-0.05, 0) is 37.0 Å². The number of nitrogens with one attached hydrogen (secondary N) is 2. The van der Waals surface area contributed by atoms with Gasteiger partial charge in [0.25, 0.3) is 0 Å². The van der Waals surface area contributed by atoms with Crippen LogP contribution in [-0.4, -0.2) is 67.1 Å². The smallest absolute Gasteiger partial charge is 0.341 e. The molecule has 0 radical (unpaired) electrons. The highest BCUT2D eigenvalue weighted by Gasteiger charge is 2.28. The number of ether oxygens (including phenoxy) is 4. The number of aromatic amines is 1. The van der Waals surface area contributed by atoms with Gasteiger partial charge in [-0.3, -0.25) is 5.43 Å². The summed E-state index contributed by atoms with van der Waals surface area (Å²) in [5, 5.41) is 2.96. The zero-order valence-corrected chi connectivity index (χ0v) is 17.3. The van der Waals surface area contributed by atoms with Crippen LogP contribution in [0.15, 0.2) is 41.7 Å². The summed E-state index contributed by atoms with van der Waals surface area (Å²) in [5.74, 6) is 1.02. The molecular weight excluding hydrogens is 400 g/mol. The van der Waals surface area contributed by atoms with E-state index in [1.165, 1.54) is 0 Å². The van der Waals surface area contributed by atoms with E-state index in [9.17, 15) is 4.79 Å². The Morgan fingerprint density at radius 3 is 3.00 bits per heavy atom. The molecular formula is C22H26N4O5. The van der Waals surface area contributed by atoms with Gasteiger partial charge in [-0.2, -0.15) is 0 Å². The zero-order valence-electron chi connectivity index (χ0n) is 17.3. The molecule has 164 valence electrons. The van der Waals surface area contributed by atoms with E-state index < -0.39 is 5.97 Å². The van der Waals surface area contributed by atoms with Gasteiger partial charge in [-0.25, -0.2) is 14.8 Å². The number of hydrazine groups is 1. The Morgan fingerprint density at radius 2 is 2.16 bits per heavy atom. The fraction of sp³-hybridized carbons (Fsp3) is 0.455. The molecule has 0 amide bonds. The predicted molar refractivity (Wildman–Crippen MR) is 112 cm³/mol. The number of H-pyrrole nitrogens is 1. The van der Waals surface area contributed by atoms with E-state index in [1.807, 2.05) is 29.4 Å². The third-order valence-electron chi connectivity index (χ3n) is 5.46. The van der Waals surface area contributed by atoms with Gasteiger partial charge in [-0.1, -0.05) is 0 Å². The number of aromatic nitrogens is 2.